The van der Waals surface area contributed by atoms with Gasteiger partial charge in [-0.3, -0.25) is 4.79 Å². The van der Waals surface area contributed by atoms with Gasteiger partial charge in [0.25, 0.3) is 15.4 Å². The van der Waals surface area contributed by atoms with E-state index < -0.39 is 26.1 Å². The number of pyridine rings is 1. The molecule has 3 aromatic rings. The van der Waals surface area contributed by atoms with Gasteiger partial charge in [-0.15, -0.1) is 0 Å². The molecule has 0 aliphatic rings. The average Bonchev–Trinajstić information content (AvgIpc) is 2.69. The fraction of sp³-hybridized carbons (Fsp3) is 0.150. The van der Waals surface area contributed by atoms with E-state index in [1.165, 1.54) is 10.6 Å². The van der Waals surface area contributed by atoms with Gasteiger partial charge in [-0.05, 0) is 35.4 Å². The molecule has 0 amide bonds. The molecule has 0 radical (unpaired) electrons. The summed E-state index contributed by atoms with van der Waals surface area (Å²) in [6, 6.07) is 13.8. The first kappa shape index (κ1) is 21.6. The molecule has 0 unspecified atom stereocenters. The predicted molar refractivity (Wildman–Crippen MR) is 103 cm³/mol. The van der Waals surface area contributed by atoms with E-state index in [0.29, 0.717) is 18.2 Å². The lowest BCUT2D eigenvalue weighted by molar-refractivity contribution is -0.0435. The lowest BCUT2D eigenvalue weighted by Gasteiger charge is -2.14. The Morgan fingerprint density at radius 2 is 1.60 bits per heavy atom. The molecule has 1 heterocycles. The van der Waals surface area contributed by atoms with Gasteiger partial charge in [-0.25, -0.2) is 12.8 Å². The van der Waals surface area contributed by atoms with E-state index in [4.69, 9.17) is 0 Å². The standard InChI is InChI=1S/C20H16F4N2O3S/c21-16-8-9-17(18(11-16)30(28,29)20(22,23)24)25-12-14-4-6-15(7-5-14)13-26-10-2-1-3-19(26)27/h1-11,25H,12-13H2. The summed E-state index contributed by atoms with van der Waals surface area (Å²) in [5, 5.41) is 2.61. The van der Waals surface area contributed by atoms with Crippen molar-refractivity contribution in [1.29, 1.82) is 0 Å². The van der Waals surface area contributed by atoms with E-state index in [-0.39, 0.29) is 17.8 Å². The van der Waals surface area contributed by atoms with Gasteiger partial charge in [0.2, 0.25) is 0 Å². The number of nitrogens with zero attached hydrogens (tertiary/aromatic N) is 1. The van der Waals surface area contributed by atoms with E-state index in [9.17, 15) is 30.8 Å². The summed E-state index contributed by atoms with van der Waals surface area (Å²) in [4.78, 5) is 10.6. The second-order valence-corrected chi connectivity index (χ2v) is 8.34. The van der Waals surface area contributed by atoms with Gasteiger partial charge in [-0.2, -0.15) is 13.2 Å². The minimum absolute atomic E-state index is 0.0115. The summed E-state index contributed by atoms with van der Waals surface area (Å²) in [6.07, 6.45) is 1.65. The quantitative estimate of drug-likeness (QED) is 0.590. The van der Waals surface area contributed by atoms with Crippen LogP contribution < -0.4 is 10.9 Å². The Morgan fingerprint density at radius 1 is 0.933 bits per heavy atom. The van der Waals surface area contributed by atoms with Crippen molar-refractivity contribution in [3.63, 3.8) is 0 Å². The smallest absolute Gasteiger partial charge is 0.380 e. The van der Waals surface area contributed by atoms with Crippen molar-refractivity contribution >= 4 is 15.5 Å². The first-order chi connectivity index (χ1) is 14.1. The van der Waals surface area contributed by atoms with Crippen molar-refractivity contribution in [1.82, 2.24) is 4.57 Å². The molecule has 10 heteroatoms. The van der Waals surface area contributed by atoms with Crippen LogP contribution in [0.2, 0.25) is 0 Å². The van der Waals surface area contributed by atoms with Crippen LogP contribution in [0.3, 0.4) is 0 Å². The van der Waals surface area contributed by atoms with E-state index in [0.717, 1.165) is 17.7 Å². The fourth-order valence-corrected chi connectivity index (χ4v) is 3.68. The minimum atomic E-state index is -5.71. The number of hydrogen-bond donors (Lipinski definition) is 1. The highest BCUT2D eigenvalue weighted by molar-refractivity contribution is 7.92. The Kier molecular flexibility index (Phi) is 5.97. The largest absolute Gasteiger partial charge is 0.501 e. The van der Waals surface area contributed by atoms with Crippen molar-refractivity contribution in [2.45, 2.75) is 23.5 Å². The number of aromatic nitrogens is 1. The molecule has 2 aromatic carbocycles. The zero-order chi connectivity index (χ0) is 21.9. The molecule has 0 fully saturated rings. The summed E-state index contributed by atoms with van der Waals surface area (Å²) >= 11 is 0. The van der Waals surface area contributed by atoms with Crippen molar-refractivity contribution in [2.24, 2.45) is 0 Å². The third-order valence-electron chi connectivity index (χ3n) is 4.30. The van der Waals surface area contributed by atoms with E-state index >= 15 is 0 Å². The van der Waals surface area contributed by atoms with Crippen LogP contribution in [0.4, 0.5) is 23.2 Å². The normalized spacial score (nSPS) is 12.0. The van der Waals surface area contributed by atoms with Crippen LogP contribution >= 0.6 is 0 Å². The van der Waals surface area contributed by atoms with Gasteiger partial charge in [0, 0.05) is 18.8 Å². The van der Waals surface area contributed by atoms with Crippen molar-refractivity contribution < 1.29 is 26.0 Å². The lowest BCUT2D eigenvalue weighted by atomic mass is 10.1. The minimum Gasteiger partial charge on any atom is -0.380 e. The summed E-state index contributed by atoms with van der Waals surface area (Å²) < 4.78 is 77.0. The highest BCUT2D eigenvalue weighted by atomic mass is 32.2. The highest BCUT2D eigenvalue weighted by Gasteiger charge is 2.48. The van der Waals surface area contributed by atoms with Gasteiger partial charge in [0.1, 0.15) is 10.7 Å². The van der Waals surface area contributed by atoms with E-state index in [1.807, 2.05) is 0 Å². The number of anilines is 1. The molecule has 3 rings (SSSR count). The molecule has 0 atom stereocenters. The third-order valence-corrected chi connectivity index (χ3v) is 5.82. The maximum Gasteiger partial charge on any atom is 0.501 e. The summed E-state index contributed by atoms with van der Waals surface area (Å²) in [6.45, 7) is 0.358. The zero-order valence-corrected chi connectivity index (χ0v) is 16.2. The molecule has 1 N–H and O–H groups in total. The van der Waals surface area contributed by atoms with Crippen LogP contribution in [-0.4, -0.2) is 18.5 Å². The molecule has 30 heavy (non-hydrogen) atoms. The van der Waals surface area contributed by atoms with Crippen molar-refractivity contribution in [2.75, 3.05) is 5.32 Å². The third kappa shape index (κ3) is 4.70. The molecule has 0 saturated heterocycles. The second kappa shape index (κ2) is 8.31. The number of hydrogen-bond acceptors (Lipinski definition) is 4. The summed E-state index contributed by atoms with van der Waals surface area (Å²) in [7, 11) is -5.71. The summed E-state index contributed by atoms with van der Waals surface area (Å²) in [5.41, 5.74) is -4.58. The Labute approximate surface area is 169 Å². The summed E-state index contributed by atoms with van der Waals surface area (Å²) in [5.74, 6) is -1.09. The molecule has 0 bridgehead atoms. The number of nitrogens with one attached hydrogen (secondary N) is 1. The number of benzene rings is 2. The molecule has 5 nitrogen and oxygen atoms in total. The molecule has 0 aliphatic heterocycles. The molecule has 0 saturated carbocycles. The first-order valence-corrected chi connectivity index (χ1v) is 10.1. The van der Waals surface area contributed by atoms with Crippen molar-refractivity contribution in [3.8, 4) is 0 Å². The molecular weight excluding hydrogens is 424 g/mol. The monoisotopic (exact) mass is 440 g/mol. The Hall–Kier alpha value is -3.14. The highest BCUT2D eigenvalue weighted by Crippen LogP contribution is 2.35. The zero-order valence-electron chi connectivity index (χ0n) is 15.4. The van der Waals surface area contributed by atoms with Gasteiger partial charge in [-0.1, -0.05) is 30.3 Å². The second-order valence-electron chi connectivity index (χ2n) is 6.43. The number of sulfone groups is 1. The van der Waals surface area contributed by atoms with Crippen LogP contribution in [0.15, 0.2) is 76.6 Å². The molecule has 0 spiro atoms. The molecule has 0 aliphatic carbocycles. The molecular formula is C20H16F4N2O3S. The first-order valence-electron chi connectivity index (χ1n) is 8.66. The number of halogens is 4. The average molecular weight is 440 g/mol. The van der Waals surface area contributed by atoms with E-state index in [2.05, 4.69) is 5.32 Å². The molecule has 158 valence electrons. The molecule has 1 aromatic heterocycles. The maximum absolute atomic E-state index is 13.4. The topological polar surface area (TPSA) is 68.2 Å². The maximum atomic E-state index is 13.4. The Bertz CT molecular complexity index is 1200. The van der Waals surface area contributed by atoms with Crippen LogP contribution in [0, 0.1) is 5.82 Å². The van der Waals surface area contributed by atoms with Crippen molar-refractivity contribution in [3.05, 3.63) is 94.2 Å². The lowest BCUT2D eigenvalue weighted by Crippen LogP contribution is -2.24. The Morgan fingerprint density at radius 3 is 2.23 bits per heavy atom. The van der Waals surface area contributed by atoms with Gasteiger partial charge in [0.15, 0.2) is 0 Å². The SMILES string of the molecule is O=c1ccccn1Cc1ccc(CNc2ccc(F)cc2S(=O)(=O)C(F)(F)F)cc1. The van der Waals surface area contributed by atoms with Gasteiger partial charge < -0.3 is 9.88 Å². The van der Waals surface area contributed by atoms with Crippen LogP contribution in [-0.2, 0) is 22.9 Å². The van der Waals surface area contributed by atoms with Gasteiger partial charge >= 0.3 is 5.51 Å². The number of alkyl halides is 3. The fourth-order valence-electron chi connectivity index (χ4n) is 2.74. The Balaban J connectivity index is 1.76. The van der Waals surface area contributed by atoms with E-state index in [1.54, 1.807) is 42.6 Å². The van der Waals surface area contributed by atoms with Crippen LogP contribution in [0.25, 0.3) is 0 Å². The number of rotatable bonds is 6. The predicted octanol–water partition coefficient (Wildman–Crippen LogP) is 3.94. The van der Waals surface area contributed by atoms with Crippen LogP contribution in [0.5, 0.6) is 0 Å². The van der Waals surface area contributed by atoms with Crippen LogP contribution in [0.1, 0.15) is 11.1 Å². The van der Waals surface area contributed by atoms with Gasteiger partial charge in [0.05, 0.1) is 12.2 Å².